The lowest BCUT2D eigenvalue weighted by atomic mass is 10.3. The third-order valence-electron chi connectivity index (χ3n) is 3.36. The Balaban J connectivity index is 2.14. The smallest absolute Gasteiger partial charge is 0.346 e. The van der Waals surface area contributed by atoms with Gasteiger partial charge in [0, 0.05) is 38.7 Å². The molecule has 110 valence electrons. The van der Waals surface area contributed by atoms with E-state index < -0.39 is 0 Å². The third-order valence-corrected chi connectivity index (χ3v) is 3.36. The fourth-order valence-corrected chi connectivity index (χ4v) is 2.26. The molecule has 1 aromatic heterocycles. The largest absolute Gasteiger partial charge is 0.383 e. The Morgan fingerprint density at radius 2 is 2.15 bits per heavy atom. The lowest BCUT2D eigenvalue weighted by molar-refractivity contribution is -0.127. The summed E-state index contributed by atoms with van der Waals surface area (Å²) in [6, 6.07) is 0. The first-order chi connectivity index (χ1) is 9.54. The number of amides is 1. The molecule has 7 nitrogen and oxygen atoms in total. The Morgan fingerprint density at radius 1 is 1.40 bits per heavy atom. The van der Waals surface area contributed by atoms with Crippen LogP contribution in [0.4, 0.5) is 0 Å². The summed E-state index contributed by atoms with van der Waals surface area (Å²) in [6.45, 7) is 7.81. The van der Waals surface area contributed by atoms with Crippen LogP contribution in [0.25, 0.3) is 0 Å². The maximum Gasteiger partial charge on any atom is 0.346 e. The summed E-state index contributed by atoms with van der Waals surface area (Å²) in [5, 5.41) is 4.31. The van der Waals surface area contributed by atoms with E-state index in [-0.39, 0.29) is 11.6 Å². The first-order valence-corrected chi connectivity index (χ1v) is 6.65. The summed E-state index contributed by atoms with van der Waals surface area (Å²) >= 11 is 0. The molecule has 2 heterocycles. The van der Waals surface area contributed by atoms with E-state index in [4.69, 9.17) is 4.74 Å². The zero-order valence-electron chi connectivity index (χ0n) is 12.0. The van der Waals surface area contributed by atoms with Gasteiger partial charge < -0.3 is 9.64 Å². The molecule has 0 saturated heterocycles. The Bertz CT molecular complexity index is 573. The van der Waals surface area contributed by atoms with Crippen LogP contribution in [0.2, 0.25) is 0 Å². The highest BCUT2D eigenvalue weighted by atomic mass is 16.5. The Morgan fingerprint density at radius 3 is 2.80 bits per heavy atom. The van der Waals surface area contributed by atoms with E-state index >= 15 is 0 Å². The van der Waals surface area contributed by atoms with Gasteiger partial charge in [-0.3, -0.25) is 9.36 Å². The first-order valence-electron chi connectivity index (χ1n) is 6.65. The number of hydrogen-bond acceptors (Lipinski definition) is 4. The maximum atomic E-state index is 12.2. The van der Waals surface area contributed by atoms with E-state index in [1.54, 1.807) is 23.5 Å². The fraction of sp³-hybridized carbons (Fsp3) is 0.615. The van der Waals surface area contributed by atoms with Crippen molar-refractivity contribution in [2.45, 2.75) is 26.4 Å². The van der Waals surface area contributed by atoms with Crippen LogP contribution in [0.15, 0.2) is 16.9 Å². The first kappa shape index (κ1) is 14.5. The summed E-state index contributed by atoms with van der Waals surface area (Å²) in [6.07, 6.45) is 0.578. The second-order valence-corrected chi connectivity index (χ2v) is 4.89. The number of aromatic nitrogens is 3. The third kappa shape index (κ3) is 2.82. The van der Waals surface area contributed by atoms with Crippen LogP contribution in [0.5, 0.6) is 0 Å². The van der Waals surface area contributed by atoms with E-state index in [0.717, 1.165) is 5.82 Å². The number of carbonyl (C=O) groups is 1. The van der Waals surface area contributed by atoms with Crippen molar-refractivity contribution in [3.63, 3.8) is 0 Å². The number of rotatable bonds is 4. The van der Waals surface area contributed by atoms with Gasteiger partial charge in [0.15, 0.2) is 0 Å². The van der Waals surface area contributed by atoms with Crippen LogP contribution in [0.1, 0.15) is 12.7 Å². The number of carbonyl (C=O) groups excluding carboxylic acids is 1. The van der Waals surface area contributed by atoms with Crippen molar-refractivity contribution >= 4 is 5.91 Å². The molecule has 0 aromatic carbocycles. The molecule has 0 atom stereocenters. The van der Waals surface area contributed by atoms with Gasteiger partial charge in [-0.2, -0.15) is 5.10 Å². The molecule has 2 rings (SSSR count). The molecule has 0 fully saturated rings. The molecule has 0 aliphatic carbocycles. The SMILES string of the molecule is C=C(C)C(=O)N1CCc2nn(CCOC)c(=O)n2CC1. The van der Waals surface area contributed by atoms with Crippen LogP contribution in [-0.4, -0.2) is 52.0 Å². The molecule has 0 N–H and O–H groups in total. The Hall–Kier alpha value is -1.89. The number of ether oxygens (including phenoxy) is 1. The molecule has 0 radical (unpaired) electrons. The van der Waals surface area contributed by atoms with Crippen LogP contribution in [-0.2, 0) is 29.0 Å². The molecule has 1 aromatic rings. The lowest BCUT2D eigenvalue weighted by Crippen LogP contribution is -2.35. The molecule has 0 saturated carbocycles. The molecule has 0 spiro atoms. The van der Waals surface area contributed by atoms with E-state index in [2.05, 4.69) is 11.7 Å². The zero-order chi connectivity index (χ0) is 14.7. The van der Waals surface area contributed by atoms with Gasteiger partial charge in [-0.25, -0.2) is 9.48 Å². The van der Waals surface area contributed by atoms with E-state index in [9.17, 15) is 9.59 Å². The van der Waals surface area contributed by atoms with Gasteiger partial charge >= 0.3 is 5.69 Å². The van der Waals surface area contributed by atoms with Gasteiger partial charge in [-0.15, -0.1) is 0 Å². The highest BCUT2D eigenvalue weighted by Gasteiger charge is 2.22. The molecule has 7 heteroatoms. The summed E-state index contributed by atoms with van der Waals surface area (Å²) in [5.74, 6) is 0.665. The molecule has 0 unspecified atom stereocenters. The number of methoxy groups -OCH3 is 1. The minimum absolute atomic E-state index is 0.0598. The predicted molar refractivity (Wildman–Crippen MR) is 73.5 cm³/mol. The average Bonchev–Trinajstić information content (AvgIpc) is 2.61. The molecule has 0 bridgehead atoms. The second kappa shape index (κ2) is 6.04. The summed E-state index contributed by atoms with van der Waals surface area (Å²) in [7, 11) is 1.59. The van der Waals surface area contributed by atoms with Crippen molar-refractivity contribution in [2.75, 3.05) is 26.8 Å². The van der Waals surface area contributed by atoms with Gasteiger partial charge in [0.05, 0.1) is 13.2 Å². The monoisotopic (exact) mass is 280 g/mol. The normalized spacial score (nSPS) is 14.8. The van der Waals surface area contributed by atoms with Gasteiger partial charge in [0.25, 0.3) is 0 Å². The van der Waals surface area contributed by atoms with Gasteiger partial charge in [-0.1, -0.05) is 6.58 Å². The standard InChI is InChI=1S/C13H20N4O3/c1-10(2)12(18)15-5-4-11-14-17(8-9-20-3)13(19)16(11)7-6-15/h1,4-9H2,2-3H3. The quantitative estimate of drug-likeness (QED) is 0.707. The predicted octanol–water partition coefficient (Wildman–Crippen LogP) is -0.348. The molecule has 1 amide bonds. The Labute approximate surface area is 117 Å². The number of fused-ring (bicyclic) bond motifs is 1. The van der Waals surface area contributed by atoms with Gasteiger partial charge in [0.1, 0.15) is 5.82 Å². The summed E-state index contributed by atoms with van der Waals surface area (Å²) in [4.78, 5) is 25.8. The zero-order valence-corrected chi connectivity index (χ0v) is 12.0. The molecule has 1 aliphatic heterocycles. The maximum absolute atomic E-state index is 12.2. The fourth-order valence-electron chi connectivity index (χ4n) is 2.26. The molecule has 20 heavy (non-hydrogen) atoms. The minimum atomic E-state index is -0.137. The van der Waals surface area contributed by atoms with Crippen molar-refractivity contribution < 1.29 is 9.53 Å². The van der Waals surface area contributed by atoms with E-state index in [1.807, 2.05) is 0 Å². The van der Waals surface area contributed by atoms with Crippen LogP contribution in [0.3, 0.4) is 0 Å². The minimum Gasteiger partial charge on any atom is -0.383 e. The lowest BCUT2D eigenvalue weighted by Gasteiger charge is -2.19. The van der Waals surface area contributed by atoms with Crippen molar-refractivity contribution in [3.8, 4) is 0 Å². The molecular formula is C13H20N4O3. The van der Waals surface area contributed by atoms with Crippen LogP contribution >= 0.6 is 0 Å². The topological polar surface area (TPSA) is 69.4 Å². The number of nitrogens with zero attached hydrogens (tertiary/aromatic N) is 4. The summed E-state index contributed by atoms with van der Waals surface area (Å²) in [5.41, 5.74) is 0.378. The van der Waals surface area contributed by atoms with Gasteiger partial charge in [0.2, 0.25) is 5.91 Å². The van der Waals surface area contributed by atoms with Crippen LogP contribution < -0.4 is 5.69 Å². The second-order valence-electron chi connectivity index (χ2n) is 4.89. The highest BCUT2D eigenvalue weighted by Crippen LogP contribution is 2.07. The van der Waals surface area contributed by atoms with Crippen molar-refractivity contribution in [3.05, 3.63) is 28.5 Å². The van der Waals surface area contributed by atoms with Crippen molar-refractivity contribution in [1.29, 1.82) is 0 Å². The van der Waals surface area contributed by atoms with E-state index in [1.165, 1.54) is 4.68 Å². The Kier molecular flexibility index (Phi) is 4.39. The average molecular weight is 280 g/mol. The number of hydrogen-bond donors (Lipinski definition) is 0. The molecular weight excluding hydrogens is 260 g/mol. The van der Waals surface area contributed by atoms with Crippen LogP contribution in [0, 0.1) is 0 Å². The molecule has 1 aliphatic rings. The van der Waals surface area contributed by atoms with Crippen molar-refractivity contribution in [1.82, 2.24) is 19.2 Å². The van der Waals surface area contributed by atoms with E-state index in [0.29, 0.717) is 44.8 Å². The summed E-state index contributed by atoms with van der Waals surface area (Å²) < 4.78 is 8.03. The highest BCUT2D eigenvalue weighted by molar-refractivity contribution is 5.92. The van der Waals surface area contributed by atoms with Gasteiger partial charge in [-0.05, 0) is 6.92 Å². The van der Waals surface area contributed by atoms with Crippen molar-refractivity contribution in [2.24, 2.45) is 0 Å².